The summed E-state index contributed by atoms with van der Waals surface area (Å²) in [6, 6.07) is 14.2. The number of imidazole rings is 1. The van der Waals surface area contributed by atoms with Gasteiger partial charge in [0, 0.05) is 29.9 Å². The van der Waals surface area contributed by atoms with Crippen molar-refractivity contribution >= 4 is 5.91 Å². The molecule has 1 aliphatic rings. The van der Waals surface area contributed by atoms with Gasteiger partial charge in [0.25, 0.3) is 5.91 Å². The standard InChI is InChI=1S/C29H34N4O/c1-5-7-27-26(6-2)31-28(32-27)24-17-25(20(4)16-19(24)3)29(34)33-14-12-23(13-15-33)22-10-8-21(18-30)9-11-22/h8-11,16-17,23H,5-7,12-15H2,1-4H3,(H,31,32). The molecule has 5 nitrogen and oxygen atoms in total. The van der Waals surface area contributed by atoms with Crippen LogP contribution in [0.5, 0.6) is 0 Å². The minimum atomic E-state index is 0.105. The van der Waals surface area contributed by atoms with Crippen molar-refractivity contribution in [2.45, 2.75) is 65.7 Å². The Labute approximate surface area is 202 Å². The number of benzene rings is 2. The number of nitriles is 1. The second kappa shape index (κ2) is 10.3. The summed E-state index contributed by atoms with van der Waals surface area (Å²) in [6.45, 7) is 9.92. The van der Waals surface area contributed by atoms with E-state index >= 15 is 0 Å². The van der Waals surface area contributed by atoms with Crippen LogP contribution < -0.4 is 0 Å². The first-order valence-corrected chi connectivity index (χ1v) is 12.4. The summed E-state index contributed by atoms with van der Waals surface area (Å²) in [4.78, 5) is 23.9. The number of aromatic amines is 1. The van der Waals surface area contributed by atoms with Gasteiger partial charge >= 0.3 is 0 Å². The Bertz CT molecular complexity index is 1210. The predicted octanol–water partition coefficient (Wildman–Crippen LogP) is 6.10. The van der Waals surface area contributed by atoms with Gasteiger partial charge in [-0.3, -0.25) is 4.79 Å². The number of amides is 1. The van der Waals surface area contributed by atoms with Crippen molar-refractivity contribution in [1.82, 2.24) is 14.9 Å². The Kier molecular flexibility index (Phi) is 7.17. The molecule has 2 aromatic carbocycles. The van der Waals surface area contributed by atoms with E-state index in [9.17, 15) is 4.79 Å². The largest absolute Gasteiger partial charge is 0.342 e. The third kappa shape index (κ3) is 4.77. The monoisotopic (exact) mass is 454 g/mol. The van der Waals surface area contributed by atoms with Crippen molar-refractivity contribution in [1.29, 1.82) is 5.26 Å². The van der Waals surface area contributed by atoms with Crippen LogP contribution in [0.15, 0.2) is 36.4 Å². The third-order valence-electron chi connectivity index (χ3n) is 7.05. The fourth-order valence-corrected chi connectivity index (χ4v) is 5.08. The highest BCUT2D eigenvalue weighted by atomic mass is 16.2. The van der Waals surface area contributed by atoms with E-state index in [-0.39, 0.29) is 5.91 Å². The van der Waals surface area contributed by atoms with E-state index in [2.05, 4.69) is 50.0 Å². The molecule has 1 saturated heterocycles. The van der Waals surface area contributed by atoms with Crippen LogP contribution in [-0.4, -0.2) is 33.9 Å². The zero-order valence-corrected chi connectivity index (χ0v) is 20.7. The number of nitrogens with one attached hydrogen (secondary N) is 1. The lowest BCUT2D eigenvalue weighted by atomic mass is 9.88. The number of H-pyrrole nitrogens is 1. The zero-order valence-electron chi connectivity index (χ0n) is 20.7. The summed E-state index contributed by atoms with van der Waals surface area (Å²) in [5.41, 5.74) is 8.19. The smallest absolute Gasteiger partial charge is 0.254 e. The van der Waals surface area contributed by atoms with Gasteiger partial charge in [0.05, 0.1) is 17.3 Å². The molecule has 5 heteroatoms. The number of aromatic nitrogens is 2. The number of hydrogen-bond donors (Lipinski definition) is 1. The van der Waals surface area contributed by atoms with Crippen molar-refractivity contribution < 1.29 is 4.79 Å². The fourth-order valence-electron chi connectivity index (χ4n) is 5.08. The van der Waals surface area contributed by atoms with Crippen molar-refractivity contribution in [2.75, 3.05) is 13.1 Å². The van der Waals surface area contributed by atoms with Crippen LogP contribution in [0, 0.1) is 25.2 Å². The Morgan fingerprint density at radius 2 is 1.82 bits per heavy atom. The van der Waals surface area contributed by atoms with Gasteiger partial charge in [-0.05, 0) is 80.3 Å². The van der Waals surface area contributed by atoms with Gasteiger partial charge in [0.1, 0.15) is 5.82 Å². The first-order chi connectivity index (χ1) is 16.4. The average molecular weight is 455 g/mol. The molecule has 0 atom stereocenters. The van der Waals surface area contributed by atoms with Gasteiger partial charge in [-0.25, -0.2) is 4.98 Å². The minimum Gasteiger partial charge on any atom is -0.342 e. The number of rotatable bonds is 6. The highest BCUT2D eigenvalue weighted by molar-refractivity contribution is 5.97. The summed E-state index contributed by atoms with van der Waals surface area (Å²) in [7, 11) is 0. The van der Waals surface area contributed by atoms with Crippen LogP contribution in [-0.2, 0) is 12.8 Å². The number of piperidine rings is 1. The molecule has 176 valence electrons. The molecule has 1 N–H and O–H groups in total. The molecule has 0 bridgehead atoms. The van der Waals surface area contributed by atoms with Gasteiger partial charge < -0.3 is 9.88 Å². The number of hydrogen-bond acceptors (Lipinski definition) is 3. The van der Waals surface area contributed by atoms with Gasteiger partial charge in [-0.2, -0.15) is 5.26 Å². The van der Waals surface area contributed by atoms with E-state index in [1.165, 1.54) is 11.3 Å². The van der Waals surface area contributed by atoms with Crippen molar-refractivity contribution in [3.8, 4) is 17.5 Å². The summed E-state index contributed by atoms with van der Waals surface area (Å²) in [6.07, 6.45) is 4.84. The first-order valence-electron chi connectivity index (χ1n) is 12.4. The van der Waals surface area contributed by atoms with Crippen LogP contribution in [0.25, 0.3) is 11.4 Å². The van der Waals surface area contributed by atoms with Gasteiger partial charge in [-0.1, -0.05) is 38.5 Å². The van der Waals surface area contributed by atoms with Crippen LogP contribution in [0.2, 0.25) is 0 Å². The molecule has 0 aliphatic carbocycles. The van der Waals surface area contributed by atoms with E-state index in [1.54, 1.807) is 0 Å². The van der Waals surface area contributed by atoms with Crippen LogP contribution in [0.1, 0.15) is 83.0 Å². The van der Waals surface area contributed by atoms with E-state index in [1.807, 2.05) is 30.0 Å². The zero-order chi connectivity index (χ0) is 24.2. The molecular formula is C29H34N4O. The molecule has 1 aromatic heterocycles. The molecule has 0 saturated carbocycles. The molecular weight excluding hydrogens is 420 g/mol. The predicted molar refractivity (Wildman–Crippen MR) is 136 cm³/mol. The molecule has 34 heavy (non-hydrogen) atoms. The van der Waals surface area contributed by atoms with Crippen LogP contribution >= 0.6 is 0 Å². The molecule has 1 aliphatic heterocycles. The molecule has 1 amide bonds. The van der Waals surface area contributed by atoms with Crippen molar-refractivity contribution in [3.63, 3.8) is 0 Å². The molecule has 1 fully saturated rings. The van der Waals surface area contributed by atoms with E-state index in [4.69, 9.17) is 10.2 Å². The summed E-state index contributed by atoms with van der Waals surface area (Å²) in [5, 5.41) is 9.03. The Morgan fingerprint density at radius 1 is 1.12 bits per heavy atom. The lowest BCUT2D eigenvalue weighted by Crippen LogP contribution is -2.38. The lowest BCUT2D eigenvalue weighted by molar-refractivity contribution is 0.0712. The SMILES string of the molecule is CCCc1[nH]c(-c2cc(C(=O)N3CCC(c4ccc(C#N)cc4)CC3)c(C)cc2C)nc1CC. The van der Waals surface area contributed by atoms with Gasteiger partial charge in [-0.15, -0.1) is 0 Å². The van der Waals surface area contributed by atoms with E-state index in [0.717, 1.165) is 79.0 Å². The van der Waals surface area contributed by atoms with Crippen molar-refractivity contribution in [2.24, 2.45) is 0 Å². The second-order valence-electron chi connectivity index (χ2n) is 9.40. The maximum absolute atomic E-state index is 13.5. The molecule has 0 radical (unpaired) electrons. The Hall–Kier alpha value is -3.39. The lowest BCUT2D eigenvalue weighted by Gasteiger charge is -2.32. The Balaban J connectivity index is 1.53. The summed E-state index contributed by atoms with van der Waals surface area (Å²) >= 11 is 0. The molecule has 0 unspecified atom stereocenters. The minimum absolute atomic E-state index is 0.105. The maximum atomic E-state index is 13.5. The Morgan fingerprint density at radius 3 is 2.44 bits per heavy atom. The number of carbonyl (C=O) groups excluding carboxylic acids is 1. The van der Waals surface area contributed by atoms with Gasteiger partial charge in [0.2, 0.25) is 0 Å². The normalized spacial score (nSPS) is 14.3. The second-order valence-corrected chi connectivity index (χ2v) is 9.40. The first kappa shape index (κ1) is 23.8. The van der Waals surface area contributed by atoms with Crippen LogP contribution in [0.4, 0.5) is 0 Å². The average Bonchev–Trinajstić information content (AvgIpc) is 3.26. The van der Waals surface area contributed by atoms with E-state index < -0.39 is 0 Å². The number of likely N-dealkylation sites (tertiary alicyclic amines) is 1. The molecule has 0 spiro atoms. The fraction of sp³-hybridized carbons (Fsp3) is 0.414. The third-order valence-corrected chi connectivity index (χ3v) is 7.05. The number of carbonyl (C=O) groups is 1. The number of aryl methyl sites for hydroxylation is 4. The molecule has 2 heterocycles. The van der Waals surface area contributed by atoms with E-state index in [0.29, 0.717) is 11.5 Å². The van der Waals surface area contributed by atoms with Crippen LogP contribution in [0.3, 0.4) is 0 Å². The number of nitrogens with zero attached hydrogens (tertiary/aromatic N) is 3. The summed E-state index contributed by atoms with van der Waals surface area (Å²) in [5.74, 6) is 1.40. The molecule has 4 rings (SSSR count). The maximum Gasteiger partial charge on any atom is 0.254 e. The molecule has 3 aromatic rings. The topological polar surface area (TPSA) is 72.8 Å². The summed E-state index contributed by atoms with van der Waals surface area (Å²) < 4.78 is 0. The van der Waals surface area contributed by atoms with Gasteiger partial charge in [0.15, 0.2) is 0 Å². The quantitative estimate of drug-likeness (QED) is 0.489. The highest BCUT2D eigenvalue weighted by Crippen LogP contribution is 2.31. The highest BCUT2D eigenvalue weighted by Gasteiger charge is 2.26. The van der Waals surface area contributed by atoms with Crippen molar-refractivity contribution in [3.05, 3.63) is 75.6 Å².